The minimum absolute atomic E-state index is 0.0990. The molecule has 1 aromatic heterocycles. The fourth-order valence-corrected chi connectivity index (χ4v) is 2.45. The molecule has 0 radical (unpaired) electrons. The third-order valence-corrected chi connectivity index (χ3v) is 3.78. The first-order chi connectivity index (χ1) is 10.2. The van der Waals surface area contributed by atoms with Gasteiger partial charge in [-0.15, -0.1) is 5.10 Å². The minimum Gasteiger partial charge on any atom is -0.299 e. The highest BCUT2D eigenvalue weighted by atomic mass is 16.1. The molecule has 0 saturated carbocycles. The van der Waals surface area contributed by atoms with Crippen molar-refractivity contribution in [2.24, 2.45) is 0 Å². The molecule has 0 bridgehead atoms. The molecular weight excluding hydrogens is 260 g/mol. The van der Waals surface area contributed by atoms with Crippen LogP contribution in [0.4, 0.5) is 0 Å². The molecule has 1 atom stereocenters. The van der Waals surface area contributed by atoms with Crippen LogP contribution in [0.5, 0.6) is 0 Å². The molecule has 0 aliphatic rings. The number of Topliss-reactive ketones (excluding diaryl/α,β-unsaturated/α-hetero) is 1. The summed E-state index contributed by atoms with van der Waals surface area (Å²) in [7, 11) is 0. The second kappa shape index (κ2) is 5.44. The van der Waals surface area contributed by atoms with Crippen LogP contribution in [0, 0.1) is 0 Å². The lowest BCUT2D eigenvalue weighted by Crippen LogP contribution is -2.09. The average Bonchev–Trinajstić information content (AvgIpc) is 2.54. The summed E-state index contributed by atoms with van der Waals surface area (Å²) in [6.07, 6.45) is 0. The largest absolute Gasteiger partial charge is 0.299 e. The number of fused-ring (bicyclic) bond motifs is 1. The van der Waals surface area contributed by atoms with E-state index < -0.39 is 0 Å². The molecule has 0 fully saturated rings. The van der Waals surface area contributed by atoms with E-state index >= 15 is 0 Å². The Morgan fingerprint density at radius 3 is 2.19 bits per heavy atom. The lowest BCUT2D eigenvalue weighted by atomic mass is 9.96. The average molecular weight is 276 g/mol. The monoisotopic (exact) mass is 276 g/mol. The first-order valence-electron chi connectivity index (χ1n) is 6.99. The van der Waals surface area contributed by atoms with Crippen molar-refractivity contribution < 1.29 is 4.79 Å². The predicted octanol–water partition coefficient (Wildman–Crippen LogP) is 3.99. The van der Waals surface area contributed by atoms with Gasteiger partial charge in [0, 0.05) is 16.3 Å². The van der Waals surface area contributed by atoms with Gasteiger partial charge in [-0.1, -0.05) is 54.6 Å². The Balaban J connectivity index is 2.27. The van der Waals surface area contributed by atoms with E-state index in [-0.39, 0.29) is 11.7 Å². The molecule has 3 aromatic rings. The smallest absolute Gasteiger partial charge is 0.138 e. The van der Waals surface area contributed by atoms with Gasteiger partial charge in [-0.3, -0.25) is 4.79 Å². The number of benzene rings is 2. The Morgan fingerprint density at radius 2 is 1.52 bits per heavy atom. The van der Waals surface area contributed by atoms with Gasteiger partial charge in [-0.25, -0.2) is 0 Å². The van der Waals surface area contributed by atoms with Gasteiger partial charge in [-0.05, 0) is 13.8 Å². The summed E-state index contributed by atoms with van der Waals surface area (Å²) in [4.78, 5) is 11.7. The quantitative estimate of drug-likeness (QED) is 0.726. The summed E-state index contributed by atoms with van der Waals surface area (Å²) in [6.45, 7) is 3.47. The van der Waals surface area contributed by atoms with E-state index in [1.54, 1.807) is 6.92 Å². The van der Waals surface area contributed by atoms with Crippen LogP contribution in [0.15, 0.2) is 54.6 Å². The number of hydrogen-bond acceptors (Lipinski definition) is 3. The van der Waals surface area contributed by atoms with E-state index in [0.717, 1.165) is 27.7 Å². The third-order valence-electron chi connectivity index (χ3n) is 3.78. The molecule has 0 N–H and O–H groups in total. The zero-order chi connectivity index (χ0) is 14.8. The summed E-state index contributed by atoms with van der Waals surface area (Å²) in [5, 5.41) is 10.7. The van der Waals surface area contributed by atoms with Gasteiger partial charge in [0.25, 0.3) is 0 Å². The standard InChI is InChI=1S/C18H16N2O/c1-12(13(2)21)17-15-10-6-7-11-16(15)18(20-19-17)14-8-4-3-5-9-14/h3-12H,1-2H3. The number of carbonyl (C=O) groups is 1. The molecule has 0 aliphatic carbocycles. The molecule has 0 saturated heterocycles. The normalized spacial score (nSPS) is 12.3. The van der Waals surface area contributed by atoms with Gasteiger partial charge in [0.15, 0.2) is 0 Å². The summed E-state index contributed by atoms with van der Waals surface area (Å²) in [6, 6.07) is 18.0. The maximum Gasteiger partial charge on any atom is 0.138 e. The molecule has 0 spiro atoms. The zero-order valence-corrected chi connectivity index (χ0v) is 12.1. The molecule has 1 heterocycles. The highest BCUT2D eigenvalue weighted by Gasteiger charge is 2.18. The molecule has 3 heteroatoms. The fourth-order valence-electron chi connectivity index (χ4n) is 2.45. The molecule has 0 amide bonds. The topological polar surface area (TPSA) is 42.9 Å². The first kappa shape index (κ1) is 13.4. The molecule has 21 heavy (non-hydrogen) atoms. The summed E-state index contributed by atoms with van der Waals surface area (Å²) < 4.78 is 0. The Bertz CT molecular complexity index is 797. The molecule has 3 rings (SSSR count). The number of ketones is 1. The number of carbonyl (C=O) groups excluding carboxylic acids is 1. The van der Waals surface area contributed by atoms with Gasteiger partial charge < -0.3 is 0 Å². The van der Waals surface area contributed by atoms with Crippen molar-refractivity contribution in [2.75, 3.05) is 0 Å². The molecule has 1 unspecified atom stereocenters. The van der Waals surface area contributed by atoms with Crippen molar-refractivity contribution in [3.05, 3.63) is 60.3 Å². The second-order valence-corrected chi connectivity index (χ2v) is 5.18. The summed E-state index contributed by atoms with van der Waals surface area (Å²) >= 11 is 0. The van der Waals surface area contributed by atoms with Gasteiger partial charge in [0.2, 0.25) is 0 Å². The van der Waals surface area contributed by atoms with Gasteiger partial charge >= 0.3 is 0 Å². The van der Waals surface area contributed by atoms with Crippen LogP contribution in [0.1, 0.15) is 25.5 Å². The van der Waals surface area contributed by atoms with Crippen LogP contribution in [0.3, 0.4) is 0 Å². The highest BCUT2D eigenvalue weighted by molar-refractivity contribution is 5.98. The number of aromatic nitrogens is 2. The molecule has 0 aliphatic heterocycles. The molecule has 3 nitrogen and oxygen atoms in total. The van der Waals surface area contributed by atoms with Crippen LogP contribution in [-0.4, -0.2) is 16.0 Å². The van der Waals surface area contributed by atoms with Gasteiger partial charge in [-0.2, -0.15) is 5.10 Å². The third kappa shape index (κ3) is 2.42. The maximum atomic E-state index is 11.7. The lowest BCUT2D eigenvalue weighted by molar-refractivity contribution is -0.118. The minimum atomic E-state index is -0.243. The number of rotatable bonds is 3. The molecule has 2 aromatic carbocycles. The molecular formula is C18H16N2O. The summed E-state index contributed by atoms with van der Waals surface area (Å²) in [5.41, 5.74) is 2.63. The van der Waals surface area contributed by atoms with Crippen molar-refractivity contribution in [3.63, 3.8) is 0 Å². The Kier molecular flexibility index (Phi) is 3.48. The van der Waals surface area contributed by atoms with Crippen molar-refractivity contribution in [1.82, 2.24) is 10.2 Å². The van der Waals surface area contributed by atoms with Gasteiger partial charge in [0.05, 0.1) is 11.6 Å². The van der Waals surface area contributed by atoms with E-state index in [2.05, 4.69) is 10.2 Å². The Hall–Kier alpha value is -2.55. The van der Waals surface area contributed by atoms with Crippen LogP contribution in [0.25, 0.3) is 22.0 Å². The van der Waals surface area contributed by atoms with E-state index in [9.17, 15) is 4.79 Å². The van der Waals surface area contributed by atoms with Gasteiger partial charge in [0.1, 0.15) is 11.5 Å². The van der Waals surface area contributed by atoms with Crippen LogP contribution in [0.2, 0.25) is 0 Å². The molecule has 104 valence electrons. The van der Waals surface area contributed by atoms with Crippen LogP contribution < -0.4 is 0 Å². The fraction of sp³-hybridized carbons (Fsp3) is 0.167. The Morgan fingerprint density at radius 1 is 0.905 bits per heavy atom. The van der Waals surface area contributed by atoms with E-state index in [1.165, 1.54) is 0 Å². The van der Waals surface area contributed by atoms with Crippen molar-refractivity contribution in [2.45, 2.75) is 19.8 Å². The summed E-state index contributed by atoms with van der Waals surface area (Å²) in [5.74, 6) is -0.144. The van der Waals surface area contributed by atoms with Crippen molar-refractivity contribution in [3.8, 4) is 11.3 Å². The zero-order valence-electron chi connectivity index (χ0n) is 12.1. The van der Waals surface area contributed by atoms with E-state index in [4.69, 9.17) is 0 Å². The predicted molar refractivity (Wildman–Crippen MR) is 84.1 cm³/mol. The number of hydrogen-bond donors (Lipinski definition) is 0. The maximum absolute atomic E-state index is 11.7. The number of nitrogens with zero attached hydrogens (tertiary/aromatic N) is 2. The van der Waals surface area contributed by atoms with Crippen molar-refractivity contribution in [1.29, 1.82) is 0 Å². The second-order valence-electron chi connectivity index (χ2n) is 5.18. The SMILES string of the molecule is CC(=O)C(C)c1nnc(-c2ccccc2)c2ccccc12. The van der Waals surface area contributed by atoms with E-state index in [1.807, 2.05) is 61.5 Å². The van der Waals surface area contributed by atoms with Crippen molar-refractivity contribution >= 4 is 16.6 Å². The van der Waals surface area contributed by atoms with E-state index in [0.29, 0.717) is 0 Å². The lowest BCUT2D eigenvalue weighted by Gasteiger charge is -2.12. The van der Waals surface area contributed by atoms with Crippen LogP contribution >= 0.6 is 0 Å². The Labute approximate surface area is 123 Å². The highest BCUT2D eigenvalue weighted by Crippen LogP contribution is 2.30. The first-order valence-corrected chi connectivity index (χ1v) is 6.99. The van der Waals surface area contributed by atoms with Crippen LogP contribution in [-0.2, 0) is 4.79 Å².